The van der Waals surface area contributed by atoms with Crippen molar-refractivity contribution in [1.82, 2.24) is 0 Å². The Balaban J connectivity index is 0. The van der Waals surface area contributed by atoms with Gasteiger partial charge >= 0.3 is 0 Å². The van der Waals surface area contributed by atoms with Gasteiger partial charge in [0.2, 0.25) is 5.24 Å². The predicted octanol–water partition coefficient (Wildman–Crippen LogP) is 3.19. The van der Waals surface area contributed by atoms with Crippen LogP contribution in [-0.4, -0.2) is 16.5 Å². The average molecular weight is 226 g/mol. The molecule has 0 atom stereocenters. The molecule has 62 valence electrons. The van der Waals surface area contributed by atoms with Crippen molar-refractivity contribution in [2.75, 3.05) is 11.2 Å². The van der Waals surface area contributed by atoms with Gasteiger partial charge in [-0.2, -0.15) is 0 Å². The molecule has 0 heterocycles. The molecule has 0 N–H and O–H groups in total. The summed E-state index contributed by atoms with van der Waals surface area (Å²) in [4.78, 5) is 9.91. The highest BCUT2D eigenvalue weighted by Gasteiger charge is 1.91. The van der Waals surface area contributed by atoms with E-state index in [1.54, 1.807) is 0 Å². The maximum absolute atomic E-state index is 9.91. The Hall–Kier alpha value is 0.830. The van der Waals surface area contributed by atoms with Gasteiger partial charge in [-0.3, -0.25) is 4.79 Å². The average Bonchev–Trinajstić information content (AvgIpc) is 1.85. The first-order valence-corrected chi connectivity index (χ1v) is 4.53. The van der Waals surface area contributed by atoms with E-state index in [2.05, 4.69) is 0 Å². The van der Waals surface area contributed by atoms with E-state index < -0.39 is 0 Å². The summed E-state index contributed by atoms with van der Waals surface area (Å²) in [5.41, 5.74) is 0. The molecule has 0 saturated heterocycles. The summed E-state index contributed by atoms with van der Waals surface area (Å²) in [6.07, 6.45) is 1.08. The first-order valence-electron chi connectivity index (χ1n) is 2.55. The van der Waals surface area contributed by atoms with Crippen molar-refractivity contribution >= 4 is 51.6 Å². The molecule has 0 rings (SSSR count). The first-order chi connectivity index (χ1) is 4.68. The fourth-order valence-electron chi connectivity index (χ4n) is 0.206. The van der Waals surface area contributed by atoms with Crippen molar-refractivity contribution in [3.05, 3.63) is 0 Å². The molecule has 0 amide bonds. The Morgan fingerprint density at radius 2 is 1.60 bits per heavy atom. The molecule has 0 bridgehead atoms. The molecule has 0 aromatic carbocycles. The summed E-state index contributed by atoms with van der Waals surface area (Å²) >= 11 is 19.7. The summed E-state index contributed by atoms with van der Waals surface area (Å²) in [5, 5.41) is -0.111. The maximum atomic E-state index is 9.91. The van der Waals surface area contributed by atoms with Crippen LogP contribution in [0.1, 0.15) is 12.8 Å². The zero-order valence-electron chi connectivity index (χ0n) is 5.25. The SMILES string of the molecule is ClCCl.O=C(Cl)CCCCl. The van der Waals surface area contributed by atoms with Gasteiger partial charge in [0.1, 0.15) is 0 Å². The highest BCUT2D eigenvalue weighted by atomic mass is 35.5. The molecule has 0 aliphatic heterocycles. The predicted molar refractivity (Wildman–Crippen MR) is 47.4 cm³/mol. The lowest BCUT2D eigenvalue weighted by atomic mass is 10.4. The van der Waals surface area contributed by atoms with Gasteiger partial charge in [-0.25, -0.2) is 0 Å². The summed E-state index contributed by atoms with van der Waals surface area (Å²) in [6, 6.07) is 0. The number of rotatable bonds is 3. The van der Waals surface area contributed by atoms with Crippen LogP contribution in [0.2, 0.25) is 0 Å². The number of carbonyl (C=O) groups is 1. The van der Waals surface area contributed by atoms with E-state index in [9.17, 15) is 4.79 Å². The number of carbonyl (C=O) groups excluding carboxylic acids is 1. The lowest BCUT2D eigenvalue weighted by molar-refractivity contribution is -0.111. The molecule has 5 heteroatoms. The molecule has 0 spiro atoms. The van der Waals surface area contributed by atoms with Crippen LogP contribution in [0.25, 0.3) is 0 Å². The number of halogens is 4. The van der Waals surface area contributed by atoms with Crippen molar-refractivity contribution in [1.29, 1.82) is 0 Å². The third kappa shape index (κ3) is 23.2. The second kappa shape index (κ2) is 12.5. The molecular weight excluding hydrogens is 218 g/mol. The quantitative estimate of drug-likeness (QED) is 0.533. The Morgan fingerprint density at radius 3 is 1.70 bits per heavy atom. The van der Waals surface area contributed by atoms with E-state index in [-0.39, 0.29) is 10.6 Å². The van der Waals surface area contributed by atoms with Gasteiger partial charge in [-0.15, -0.1) is 34.8 Å². The van der Waals surface area contributed by atoms with E-state index in [4.69, 9.17) is 46.4 Å². The Labute approximate surface area is 80.6 Å². The van der Waals surface area contributed by atoms with Crippen molar-refractivity contribution in [3.8, 4) is 0 Å². The number of alkyl halides is 3. The number of hydrogen-bond acceptors (Lipinski definition) is 1. The van der Waals surface area contributed by atoms with Crippen LogP contribution in [0.3, 0.4) is 0 Å². The fourth-order valence-corrected chi connectivity index (χ4v) is 0.473. The van der Waals surface area contributed by atoms with Crippen LogP contribution in [-0.2, 0) is 4.79 Å². The van der Waals surface area contributed by atoms with Crippen molar-refractivity contribution in [2.45, 2.75) is 12.8 Å². The Bertz CT molecular complexity index is 76.0. The zero-order valence-corrected chi connectivity index (χ0v) is 8.27. The van der Waals surface area contributed by atoms with Gasteiger partial charge < -0.3 is 0 Å². The smallest absolute Gasteiger partial charge is 0.221 e. The van der Waals surface area contributed by atoms with E-state index in [0.29, 0.717) is 18.7 Å². The molecule has 10 heavy (non-hydrogen) atoms. The molecule has 0 saturated carbocycles. The molecule has 0 aromatic heterocycles. The Kier molecular flexibility index (Phi) is 16.8. The van der Waals surface area contributed by atoms with E-state index in [0.717, 1.165) is 0 Å². The summed E-state index contributed by atoms with van der Waals surface area (Å²) in [5.74, 6) is 0.512. The lowest BCUT2D eigenvalue weighted by Crippen LogP contribution is -1.84. The molecule has 0 aliphatic carbocycles. The molecule has 0 aromatic rings. The van der Waals surface area contributed by atoms with Crippen LogP contribution < -0.4 is 0 Å². The standard InChI is InChI=1S/C4H6Cl2O.CH2Cl2/c5-3-1-2-4(6)7;2-1-3/h1-3H2;1H2. The minimum Gasteiger partial charge on any atom is -0.281 e. The fraction of sp³-hybridized carbons (Fsp3) is 0.800. The molecule has 0 fully saturated rings. The molecule has 1 nitrogen and oxygen atoms in total. The number of hydrogen-bond donors (Lipinski definition) is 0. The zero-order chi connectivity index (χ0) is 8.41. The van der Waals surface area contributed by atoms with Gasteiger partial charge in [-0.1, -0.05) is 0 Å². The third-order valence-corrected chi connectivity index (χ3v) is 0.963. The summed E-state index contributed by atoms with van der Waals surface area (Å²) in [6.45, 7) is 0. The van der Waals surface area contributed by atoms with E-state index in [1.807, 2.05) is 0 Å². The van der Waals surface area contributed by atoms with Gasteiger partial charge in [0.05, 0.1) is 5.34 Å². The summed E-state index contributed by atoms with van der Waals surface area (Å²) < 4.78 is 0. The van der Waals surface area contributed by atoms with Crippen LogP contribution in [0, 0.1) is 0 Å². The maximum Gasteiger partial charge on any atom is 0.221 e. The van der Waals surface area contributed by atoms with Crippen molar-refractivity contribution in [2.24, 2.45) is 0 Å². The van der Waals surface area contributed by atoms with Gasteiger partial charge in [0.25, 0.3) is 0 Å². The highest BCUT2D eigenvalue weighted by molar-refractivity contribution is 6.63. The van der Waals surface area contributed by atoms with E-state index >= 15 is 0 Å². The van der Waals surface area contributed by atoms with Crippen LogP contribution >= 0.6 is 46.4 Å². The van der Waals surface area contributed by atoms with Crippen molar-refractivity contribution < 1.29 is 4.79 Å². The topological polar surface area (TPSA) is 17.1 Å². The minimum absolute atomic E-state index is 0.194. The largest absolute Gasteiger partial charge is 0.281 e. The second-order valence-electron chi connectivity index (χ2n) is 1.25. The van der Waals surface area contributed by atoms with Gasteiger partial charge in [0, 0.05) is 12.3 Å². The normalized spacial score (nSPS) is 8.00. The van der Waals surface area contributed by atoms with Crippen LogP contribution in [0.15, 0.2) is 0 Å². The monoisotopic (exact) mass is 224 g/mol. The lowest BCUT2D eigenvalue weighted by Gasteiger charge is -1.83. The van der Waals surface area contributed by atoms with Crippen LogP contribution in [0.4, 0.5) is 0 Å². The molecule has 0 aliphatic rings. The van der Waals surface area contributed by atoms with Gasteiger partial charge in [-0.05, 0) is 18.0 Å². The highest BCUT2D eigenvalue weighted by Crippen LogP contribution is 1.94. The van der Waals surface area contributed by atoms with Crippen LogP contribution in [0.5, 0.6) is 0 Å². The molecule has 0 radical (unpaired) electrons. The first kappa shape index (κ1) is 13.4. The molecular formula is C5H8Cl4O. The van der Waals surface area contributed by atoms with E-state index in [1.165, 1.54) is 0 Å². The Morgan fingerprint density at radius 1 is 1.20 bits per heavy atom. The summed E-state index contributed by atoms with van der Waals surface area (Å²) in [7, 11) is 0. The molecule has 0 unspecified atom stereocenters. The second-order valence-corrected chi connectivity index (χ2v) is 2.86. The van der Waals surface area contributed by atoms with Crippen molar-refractivity contribution in [3.63, 3.8) is 0 Å². The third-order valence-electron chi connectivity index (χ3n) is 0.507. The van der Waals surface area contributed by atoms with Gasteiger partial charge in [0.15, 0.2) is 0 Å². The minimum atomic E-state index is -0.305.